The molecule has 0 saturated carbocycles. The van der Waals surface area contributed by atoms with E-state index in [2.05, 4.69) is 21.0 Å². The van der Waals surface area contributed by atoms with Crippen molar-refractivity contribution in [3.8, 4) is 5.75 Å². The van der Waals surface area contributed by atoms with Crippen LogP contribution in [-0.4, -0.2) is 29.5 Å². The minimum atomic E-state index is -0.341. The predicted octanol–water partition coefficient (Wildman–Crippen LogP) is 6.33. The van der Waals surface area contributed by atoms with Crippen LogP contribution in [0.3, 0.4) is 0 Å². The first-order valence-corrected chi connectivity index (χ1v) is 11.3. The molecule has 8 heteroatoms. The van der Waals surface area contributed by atoms with Gasteiger partial charge in [-0.1, -0.05) is 69.5 Å². The van der Waals surface area contributed by atoms with Gasteiger partial charge in [-0.25, -0.2) is 5.01 Å². The molecule has 0 N–H and O–H groups in total. The standard InChI is InChI=1S/C24H17BrCl2N2O3/c25-17-7-10-23(16(11-17)13-30)32-14-24(31)29-22(15-5-8-18(26)9-6-15)12-21(28-29)19-3-1-2-4-20(19)27/h1-11,13,22H,12,14H2. The Morgan fingerprint density at radius 1 is 1.12 bits per heavy atom. The third-order valence-electron chi connectivity index (χ3n) is 5.06. The average Bonchev–Trinajstić information content (AvgIpc) is 3.24. The highest BCUT2D eigenvalue weighted by molar-refractivity contribution is 9.10. The molecule has 1 aliphatic rings. The molecule has 0 saturated heterocycles. The highest BCUT2D eigenvalue weighted by Crippen LogP contribution is 2.35. The zero-order valence-electron chi connectivity index (χ0n) is 16.7. The van der Waals surface area contributed by atoms with Gasteiger partial charge in [0.2, 0.25) is 0 Å². The molecule has 32 heavy (non-hydrogen) atoms. The lowest BCUT2D eigenvalue weighted by molar-refractivity contribution is -0.135. The normalized spacial score (nSPS) is 15.4. The smallest absolute Gasteiger partial charge is 0.281 e. The maximum Gasteiger partial charge on any atom is 0.281 e. The number of amides is 1. The molecule has 0 spiro atoms. The highest BCUT2D eigenvalue weighted by Gasteiger charge is 2.34. The van der Waals surface area contributed by atoms with Crippen molar-refractivity contribution in [3.63, 3.8) is 0 Å². The second kappa shape index (κ2) is 9.86. The Morgan fingerprint density at radius 2 is 1.88 bits per heavy atom. The van der Waals surface area contributed by atoms with Crippen molar-refractivity contribution >= 4 is 57.0 Å². The molecule has 1 aliphatic heterocycles. The van der Waals surface area contributed by atoms with Crippen molar-refractivity contribution in [3.05, 3.63) is 97.9 Å². The van der Waals surface area contributed by atoms with Gasteiger partial charge in [-0.15, -0.1) is 0 Å². The van der Waals surface area contributed by atoms with Crippen LogP contribution in [0, 0.1) is 0 Å². The van der Waals surface area contributed by atoms with E-state index in [-0.39, 0.29) is 18.6 Å². The van der Waals surface area contributed by atoms with Crippen molar-refractivity contribution in [1.82, 2.24) is 5.01 Å². The maximum atomic E-state index is 13.1. The van der Waals surface area contributed by atoms with E-state index in [1.807, 2.05) is 30.3 Å². The summed E-state index contributed by atoms with van der Waals surface area (Å²) in [6.45, 7) is -0.272. The van der Waals surface area contributed by atoms with Gasteiger partial charge in [0, 0.05) is 26.5 Å². The lowest BCUT2D eigenvalue weighted by Gasteiger charge is -2.22. The second-order valence-electron chi connectivity index (χ2n) is 7.12. The molecule has 1 unspecified atom stereocenters. The third kappa shape index (κ3) is 4.88. The maximum absolute atomic E-state index is 13.1. The SMILES string of the molecule is O=Cc1cc(Br)ccc1OCC(=O)N1N=C(c2ccccc2Cl)CC1c1ccc(Cl)cc1. The number of nitrogens with zero attached hydrogens (tertiary/aromatic N) is 2. The molecule has 1 amide bonds. The van der Waals surface area contributed by atoms with Gasteiger partial charge in [0.05, 0.1) is 17.3 Å². The summed E-state index contributed by atoms with van der Waals surface area (Å²) in [6.07, 6.45) is 1.18. The first-order chi connectivity index (χ1) is 15.5. The van der Waals surface area contributed by atoms with E-state index in [0.717, 1.165) is 15.6 Å². The van der Waals surface area contributed by atoms with Crippen LogP contribution in [0.2, 0.25) is 10.0 Å². The van der Waals surface area contributed by atoms with Crippen LogP contribution < -0.4 is 4.74 Å². The molecule has 4 rings (SSSR count). The van der Waals surface area contributed by atoms with E-state index in [9.17, 15) is 9.59 Å². The number of rotatable bonds is 6. The Morgan fingerprint density at radius 3 is 2.59 bits per heavy atom. The second-order valence-corrected chi connectivity index (χ2v) is 8.88. The summed E-state index contributed by atoms with van der Waals surface area (Å²) in [5.41, 5.74) is 2.73. The van der Waals surface area contributed by atoms with Gasteiger partial charge >= 0.3 is 0 Å². The monoisotopic (exact) mass is 530 g/mol. The van der Waals surface area contributed by atoms with Crippen molar-refractivity contribution in [1.29, 1.82) is 0 Å². The van der Waals surface area contributed by atoms with Crippen LogP contribution in [0.5, 0.6) is 5.75 Å². The van der Waals surface area contributed by atoms with Gasteiger partial charge in [0.1, 0.15) is 5.75 Å². The minimum absolute atomic E-state index is 0.272. The topological polar surface area (TPSA) is 59.0 Å². The Labute approximate surface area is 203 Å². The van der Waals surface area contributed by atoms with Crippen molar-refractivity contribution in [2.75, 3.05) is 6.61 Å². The van der Waals surface area contributed by atoms with E-state index in [1.54, 1.807) is 36.4 Å². The lowest BCUT2D eigenvalue weighted by atomic mass is 9.98. The summed E-state index contributed by atoms with van der Waals surface area (Å²) in [4.78, 5) is 24.5. The molecular formula is C24H17BrCl2N2O3. The molecule has 162 valence electrons. The molecular weight excluding hydrogens is 515 g/mol. The van der Waals surface area contributed by atoms with E-state index >= 15 is 0 Å². The average molecular weight is 532 g/mol. The van der Waals surface area contributed by atoms with Crippen molar-refractivity contribution in [2.45, 2.75) is 12.5 Å². The predicted molar refractivity (Wildman–Crippen MR) is 129 cm³/mol. The number of carbonyl (C=O) groups is 2. The summed E-state index contributed by atoms with van der Waals surface area (Å²) in [7, 11) is 0. The molecule has 0 radical (unpaired) electrons. The largest absolute Gasteiger partial charge is 0.483 e. The fraction of sp³-hybridized carbons (Fsp3) is 0.125. The Kier molecular flexibility index (Phi) is 6.94. The van der Waals surface area contributed by atoms with E-state index in [0.29, 0.717) is 39.8 Å². The minimum Gasteiger partial charge on any atom is -0.483 e. The number of benzene rings is 3. The zero-order chi connectivity index (χ0) is 22.7. The van der Waals surface area contributed by atoms with Crippen LogP contribution >= 0.6 is 39.1 Å². The Hall–Kier alpha value is -2.67. The Bertz CT molecular complexity index is 1200. The molecule has 0 fully saturated rings. The van der Waals surface area contributed by atoms with Crippen molar-refractivity contribution < 1.29 is 14.3 Å². The molecule has 1 heterocycles. The summed E-state index contributed by atoms with van der Waals surface area (Å²) in [5.74, 6) is -0.0131. The van der Waals surface area contributed by atoms with Gasteiger partial charge in [0.25, 0.3) is 5.91 Å². The number of hydrazone groups is 1. The van der Waals surface area contributed by atoms with Crippen molar-refractivity contribution in [2.24, 2.45) is 5.10 Å². The summed E-state index contributed by atoms with van der Waals surface area (Å²) in [6, 6.07) is 19.4. The summed E-state index contributed by atoms with van der Waals surface area (Å²) < 4.78 is 6.41. The summed E-state index contributed by atoms with van der Waals surface area (Å²) >= 11 is 15.7. The molecule has 0 aromatic heterocycles. The van der Waals surface area contributed by atoms with Crippen LogP contribution in [0.25, 0.3) is 0 Å². The van der Waals surface area contributed by atoms with E-state index in [4.69, 9.17) is 27.9 Å². The Balaban J connectivity index is 1.61. The first kappa shape index (κ1) is 22.5. The number of hydrogen-bond acceptors (Lipinski definition) is 4. The summed E-state index contributed by atoms with van der Waals surface area (Å²) in [5, 5.41) is 7.19. The molecule has 1 atom stereocenters. The third-order valence-corrected chi connectivity index (χ3v) is 6.13. The molecule has 3 aromatic rings. The van der Waals surface area contributed by atoms with Gasteiger partial charge in [-0.05, 0) is 42.0 Å². The fourth-order valence-electron chi connectivity index (χ4n) is 3.49. The van der Waals surface area contributed by atoms with Crippen LogP contribution in [0.15, 0.2) is 76.3 Å². The van der Waals surface area contributed by atoms with Crippen LogP contribution in [0.4, 0.5) is 0 Å². The zero-order valence-corrected chi connectivity index (χ0v) is 19.8. The number of carbonyl (C=O) groups excluding carboxylic acids is 2. The number of hydrogen-bond donors (Lipinski definition) is 0. The fourth-order valence-corrected chi connectivity index (χ4v) is 4.24. The highest BCUT2D eigenvalue weighted by atomic mass is 79.9. The quantitative estimate of drug-likeness (QED) is 0.349. The molecule has 0 bridgehead atoms. The molecule has 5 nitrogen and oxygen atoms in total. The molecule has 0 aliphatic carbocycles. The number of aldehydes is 1. The lowest BCUT2D eigenvalue weighted by Crippen LogP contribution is -2.31. The van der Waals surface area contributed by atoms with Crippen LogP contribution in [0.1, 0.15) is 33.9 Å². The van der Waals surface area contributed by atoms with E-state index < -0.39 is 0 Å². The van der Waals surface area contributed by atoms with Gasteiger partial charge < -0.3 is 4.74 Å². The van der Waals surface area contributed by atoms with Crippen LogP contribution in [-0.2, 0) is 4.79 Å². The molecule has 3 aromatic carbocycles. The van der Waals surface area contributed by atoms with Gasteiger partial charge in [-0.2, -0.15) is 5.10 Å². The van der Waals surface area contributed by atoms with Gasteiger partial charge in [-0.3, -0.25) is 9.59 Å². The first-order valence-electron chi connectivity index (χ1n) is 9.73. The van der Waals surface area contributed by atoms with Gasteiger partial charge in [0.15, 0.2) is 12.9 Å². The number of ether oxygens (including phenoxy) is 1. The number of halogens is 3. The van der Waals surface area contributed by atoms with E-state index in [1.165, 1.54) is 5.01 Å².